The van der Waals surface area contributed by atoms with Crippen LogP contribution in [0.5, 0.6) is 0 Å². The maximum absolute atomic E-state index is 10.2. The van der Waals surface area contributed by atoms with E-state index in [0.29, 0.717) is 0 Å². The molecule has 0 amide bonds. The second-order valence-corrected chi connectivity index (χ2v) is 1.45. The highest BCUT2D eigenvalue weighted by Crippen LogP contribution is 1.72. The summed E-state index contributed by atoms with van der Waals surface area (Å²) in [6.07, 6.45) is 0. The minimum absolute atomic E-state index is 0. The molecule has 0 aliphatic heterocycles. The number of rotatable bonds is 2. The van der Waals surface area contributed by atoms with Gasteiger partial charge in [0.15, 0.2) is 0 Å². The number of halogens is 1. The molecular weight excluding hydrogens is 128 g/mol. The first-order valence-corrected chi connectivity index (χ1v) is 2.14. The van der Waals surface area contributed by atoms with Gasteiger partial charge in [-0.1, -0.05) is 0 Å². The van der Waals surface area contributed by atoms with Gasteiger partial charge >= 0.3 is 0 Å². The summed E-state index contributed by atoms with van der Waals surface area (Å²) in [4.78, 5) is 10.2. The average Bonchev–Trinajstić information content (AvgIpc) is 1.65. The van der Waals surface area contributed by atoms with E-state index < -0.39 is 6.04 Å². The van der Waals surface area contributed by atoms with Gasteiger partial charge in [0, 0.05) is 6.54 Å². The molecule has 1 unspecified atom stereocenters. The molecule has 0 rings (SSSR count). The Kier molecular flexibility index (Phi) is 6.78. The first kappa shape index (κ1) is 10.8. The quantitative estimate of drug-likeness (QED) is 0.530. The number of ketones is 1. The Morgan fingerprint density at radius 3 is 2.12 bits per heavy atom. The summed E-state index contributed by atoms with van der Waals surface area (Å²) >= 11 is 0. The molecule has 3 nitrogen and oxygen atoms in total. The Morgan fingerprint density at radius 1 is 1.75 bits per heavy atom. The largest absolute Gasteiger partial charge is 0.328 e. The molecule has 50 valence electrons. The van der Waals surface area contributed by atoms with Crippen LogP contribution in [-0.4, -0.2) is 18.4 Å². The van der Waals surface area contributed by atoms with Crippen molar-refractivity contribution in [1.29, 1.82) is 0 Å². The van der Waals surface area contributed by atoms with Gasteiger partial charge in [0.1, 0.15) is 5.78 Å². The van der Waals surface area contributed by atoms with E-state index in [1.54, 1.807) is 0 Å². The van der Waals surface area contributed by atoms with Crippen molar-refractivity contribution in [3.05, 3.63) is 0 Å². The minimum atomic E-state index is -0.458. The van der Waals surface area contributed by atoms with Crippen LogP contribution in [0.25, 0.3) is 0 Å². The summed E-state index contributed by atoms with van der Waals surface area (Å²) in [5, 5.41) is 0. The minimum Gasteiger partial charge on any atom is -0.328 e. The molecule has 0 spiro atoms. The van der Waals surface area contributed by atoms with Crippen molar-refractivity contribution in [3.8, 4) is 0 Å². The van der Waals surface area contributed by atoms with Gasteiger partial charge in [-0.25, -0.2) is 0 Å². The lowest BCUT2D eigenvalue weighted by Crippen LogP contribution is -2.35. The van der Waals surface area contributed by atoms with Crippen molar-refractivity contribution in [2.24, 2.45) is 11.5 Å². The van der Waals surface area contributed by atoms with E-state index in [4.69, 9.17) is 11.5 Å². The van der Waals surface area contributed by atoms with E-state index in [0.717, 1.165) is 0 Å². The standard InChI is InChI=1S/C4H10N2O.ClH/c1-3(7)4(6)2-5;/h4H,2,5-6H2,1H3;1H. The highest BCUT2D eigenvalue weighted by atomic mass is 35.5. The molecule has 0 aliphatic rings. The fraction of sp³-hybridized carbons (Fsp3) is 0.750. The van der Waals surface area contributed by atoms with Crippen LogP contribution in [0.4, 0.5) is 0 Å². The molecule has 0 aliphatic carbocycles. The number of carbonyl (C=O) groups excluding carboxylic acids is 1. The van der Waals surface area contributed by atoms with Gasteiger partial charge in [-0.3, -0.25) is 4.79 Å². The summed E-state index contributed by atoms with van der Waals surface area (Å²) in [7, 11) is 0. The Morgan fingerprint density at radius 2 is 2.12 bits per heavy atom. The Hall–Kier alpha value is -0.120. The summed E-state index contributed by atoms with van der Waals surface area (Å²) in [5.74, 6) is -0.0532. The van der Waals surface area contributed by atoms with Crippen molar-refractivity contribution in [1.82, 2.24) is 0 Å². The molecule has 0 fully saturated rings. The third-order valence-electron chi connectivity index (χ3n) is 0.776. The fourth-order valence-electron chi connectivity index (χ4n) is 0.166. The summed E-state index contributed by atoms with van der Waals surface area (Å²) in [5.41, 5.74) is 10.2. The number of nitrogens with two attached hydrogens (primary N) is 2. The van der Waals surface area contributed by atoms with Crippen molar-refractivity contribution >= 4 is 18.2 Å². The zero-order valence-corrected chi connectivity index (χ0v) is 5.57. The van der Waals surface area contributed by atoms with Crippen molar-refractivity contribution in [2.45, 2.75) is 13.0 Å². The molecule has 0 aromatic heterocycles. The monoisotopic (exact) mass is 138 g/mol. The Labute approximate surface area is 54.8 Å². The first-order valence-electron chi connectivity index (χ1n) is 2.14. The van der Waals surface area contributed by atoms with Crippen molar-refractivity contribution in [2.75, 3.05) is 6.54 Å². The van der Waals surface area contributed by atoms with Crippen LogP contribution in [0.2, 0.25) is 0 Å². The molecule has 0 saturated heterocycles. The maximum atomic E-state index is 10.2. The number of Topliss-reactive ketones (excluding diaryl/α,β-unsaturated/α-hetero) is 1. The number of hydrogen-bond acceptors (Lipinski definition) is 3. The van der Waals surface area contributed by atoms with E-state index in [1.165, 1.54) is 6.92 Å². The van der Waals surface area contributed by atoms with E-state index >= 15 is 0 Å². The van der Waals surface area contributed by atoms with Crippen LogP contribution in [0.1, 0.15) is 6.92 Å². The zero-order chi connectivity index (χ0) is 5.86. The molecule has 4 heteroatoms. The second kappa shape index (κ2) is 5.03. The second-order valence-electron chi connectivity index (χ2n) is 1.45. The third-order valence-corrected chi connectivity index (χ3v) is 0.776. The maximum Gasteiger partial charge on any atom is 0.147 e. The lowest BCUT2D eigenvalue weighted by atomic mass is 10.2. The van der Waals surface area contributed by atoms with Crippen LogP contribution in [0.15, 0.2) is 0 Å². The van der Waals surface area contributed by atoms with Gasteiger partial charge in [-0.2, -0.15) is 0 Å². The van der Waals surface area contributed by atoms with E-state index in [1.807, 2.05) is 0 Å². The molecule has 0 radical (unpaired) electrons. The molecule has 0 heterocycles. The molecular formula is C4H11ClN2O. The summed E-state index contributed by atoms with van der Waals surface area (Å²) < 4.78 is 0. The number of carbonyl (C=O) groups is 1. The third kappa shape index (κ3) is 4.05. The predicted molar refractivity (Wildman–Crippen MR) is 35.0 cm³/mol. The van der Waals surface area contributed by atoms with Gasteiger partial charge in [-0.05, 0) is 6.92 Å². The van der Waals surface area contributed by atoms with Crippen molar-refractivity contribution < 1.29 is 4.79 Å². The Balaban J connectivity index is 0. The topological polar surface area (TPSA) is 69.1 Å². The molecule has 8 heavy (non-hydrogen) atoms. The summed E-state index contributed by atoms with van der Waals surface area (Å²) in [6.45, 7) is 1.67. The van der Waals surface area contributed by atoms with E-state index in [9.17, 15) is 4.79 Å². The van der Waals surface area contributed by atoms with Crippen LogP contribution in [0, 0.1) is 0 Å². The van der Waals surface area contributed by atoms with Gasteiger partial charge in [-0.15, -0.1) is 12.4 Å². The summed E-state index contributed by atoms with van der Waals surface area (Å²) in [6, 6.07) is -0.458. The van der Waals surface area contributed by atoms with Crippen LogP contribution >= 0.6 is 12.4 Å². The molecule has 0 aromatic carbocycles. The van der Waals surface area contributed by atoms with Gasteiger partial charge in [0.25, 0.3) is 0 Å². The molecule has 0 saturated carbocycles. The highest BCUT2D eigenvalue weighted by molar-refractivity contribution is 5.85. The number of hydrogen-bond donors (Lipinski definition) is 2. The smallest absolute Gasteiger partial charge is 0.147 e. The van der Waals surface area contributed by atoms with E-state index in [-0.39, 0.29) is 24.7 Å². The highest BCUT2D eigenvalue weighted by Gasteiger charge is 2.01. The Bertz CT molecular complexity index is 76.4. The van der Waals surface area contributed by atoms with Crippen LogP contribution in [0.3, 0.4) is 0 Å². The fourth-order valence-corrected chi connectivity index (χ4v) is 0.166. The average molecular weight is 139 g/mol. The zero-order valence-electron chi connectivity index (χ0n) is 4.76. The predicted octanol–water partition coefficient (Wildman–Crippen LogP) is -0.717. The van der Waals surface area contributed by atoms with Gasteiger partial charge < -0.3 is 11.5 Å². The SMILES string of the molecule is CC(=O)C(N)CN.Cl. The first-order chi connectivity index (χ1) is 3.18. The molecule has 0 aromatic rings. The normalized spacial score (nSPS) is 11.9. The molecule has 4 N–H and O–H groups in total. The van der Waals surface area contributed by atoms with Crippen LogP contribution in [-0.2, 0) is 4.79 Å². The molecule has 1 atom stereocenters. The van der Waals surface area contributed by atoms with Crippen molar-refractivity contribution in [3.63, 3.8) is 0 Å². The van der Waals surface area contributed by atoms with Gasteiger partial charge in [0.2, 0.25) is 0 Å². The van der Waals surface area contributed by atoms with Gasteiger partial charge in [0.05, 0.1) is 6.04 Å². The van der Waals surface area contributed by atoms with E-state index in [2.05, 4.69) is 0 Å². The lowest BCUT2D eigenvalue weighted by molar-refractivity contribution is -0.117. The van der Waals surface area contributed by atoms with Crippen LogP contribution < -0.4 is 11.5 Å². The lowest BCUT2D eigenvalue weighted by Gasteiger charge is -1.99. The molecule has 0 bridgehead atoms.